The van der Waals surface area contributed by atoms with E-state index in [1.165, 1.54) is 19.2 Å². The molecule has 0 aliphatic heterocycles. The van der Waals surface area contributed by atoms with Gasteiger partial charge >= 0.3 is 6.61 Å². The van der Waals surface area contributed by atoms with Gasteiger partial charge in [0.15, 0.2) is 11.5 Å². The van der Waals surface area contributed by atoms with E-state index in [0.717, 1.165) is 5.56 Å². The SMILES string of the molecule is COc1cc(-c2nnc(Cc3ccc(Cl)cc3)o2)ccc1OC(F)F. The molecule has 3 rings (SSSR count). The van der Waals surface area contributed by atoms with Crippen LogP contribution in [0.3, 0.4) is 0 Å². The quantitative estimate of drug-likeness (QED) is 0.638. The van der Waals surface area contributed by atoms with Crippen LogP contribution in [0.5, 0.6) is 11.5 Å². The second-order valence-electron chi connectivity index (χ2n) is 5.05. The van der Waals surface area contributed by atoms with E-state index in [-0.39, 0.29) is 17.4 Å². The molecule has 0 unspecified atom stereocenters. The molecule has 0 atom stereocenters. The van der Waals surface area contributed by atoms with Crippen molar-refractivity contribution < 1.29 is 22.7 Å². The predicted octanol–water partition coefficient (Wildman–Crippen LogP) is 4.59. The van der Waals surface area contributed by atoms with E-state index < -0.39 is 6.61 Å². The summed E-state index contributed by atoms with van der Waals surface area (Å²) >= 11 is 5.85. The number of rotatable bonds is 6. The van der Waals surface area contributed by atoms with Gasteiger partial charge in [0.2, 0.25) is 11.8 Å². The second kappa shape index (κ2) is 7.48. The minimum atomic E-state index is -2.94. The third-order valence-corrected chi connectivity index (χ3v) is 3.61. The van der Waals surface area contributed by atoms with Crippen molar-refractivity contribution in [2.24, 2.45) is 0 Å². The minimum absolute atomic E-state index is 0.0675. The molecule has 0 N–H and O–H groups in total. The molecule has 3 aromatic rings. The molecule has 0 amide bonds. The number of nitrogens with zero attached hydrogens (tertiary/aromatic N) is 2. The van der Waals surface area contributed by atoms with Crippen molar-refractivity contribution in [2.75, 3.05) is 7.11 Å². The highest BCUT2D eigenvalue weighted by Gasteiger charge is 2.15. The summed E-state index contributed by atoms with van der Waals surface area (Å²) in [7, 11) is 1.36. The van der Waals surface area contributed by atoms with E-state index in [1.807, 2.05) is 12.1 Å². The molecular weight excluding hydrogens is 354 g/mol. The van der Waals surface area contributed by atoms with Crippen LogP contribution < -0.4 is 9.47 Å². The molecule has 0 bridgehead atoms. The first-order valence-corrected chi connectivity index (χ1v) is 7.63. The Hall–Kier alpha value is -2.67. The smallest absolute Gasteiger partial charge is 0.387 e. The van der Waals surface area contributed by atoms with Crippen LogP contribution in [0.25, 0.3) is 11.5 Å². The highest BCUT2D eigenvalue weighted by atomic mass is 35.5. The molecular formula is C17H13ClF2N2O3. The molecule has 2 aromatic carbocycles. The first-order chi connectivity index (χ1) is 12.0. The molecule has 25 heavy (non-hydrogen) atoms. The van der Waals surface area contributed by atoms with Gasteiger partial charge in [0, 0.05) is 10.6 Å². The molecule has 0 spiro atoms. The summed E-state index contributed by atoms with van der Waals surface area (Å²) in [4.78, 5) is 0. The lowest BCUT2D eigenvalue weighted by Crippen LogP contribution is -2.03. The van der Waals surface area contributed by atoms with E-state index in [4.69, 9.17) is 20.8 Å². The van der Waals surface area contributed by atoms with E-state index >= 15 is 0 Å². The van der Waals surface area contributed by atoms with Crippen molar-refractivity contribution in [1.82, 2.24) is 10.2 Å². The van der Waals surface area contributed by atoms with Gasteiger partial charge in [-0.2, -0.15) is 8.78 Å². The molecule has 0 radical (unpaired) electrons. The highest BCUT2D eigenvalue weighted by molar-refractivity contribution is 6.30. The average molecular weight is 367 g/mol. The first kappa shape index (κ1) is 17.2. The fourth-order valence-corrected chi connectivity index (χ4v) is 2.34. The topological polar surface area (TPSA) is 57.4 Å². The Morgan fingerprint density at radius 3 is 2.52 bits per heavy atom. The number of halogens is 3. The Kier molecular flexibility index (Phi) is 5.14. The normalized spacial score (nSPS) is 10.9. The van der Waals surface area contributed by atoms with Gasteiger partial charge in [0.05, 0.1) is 13.5 Å². The van der Waals surface area contributed by atoms with Gasteiger partial charge in [0.25, 0.3) is 0 Å². The van der Waals surface area contributed by atoms with Gasteiger partial charge in [-0.05, 0) is 35.9 Å². The Morgan fingerprint density at radius 2 is 1.84 bits per heavy atom. The molecule has 0 aliphatic carbocycles. The molecule has 0 saturated heterocycles. The third-order valence-electron chi connectivity index (χ3n) is 3.36. The van der Waals surface area contributed by atoms with Crippen molar-refractivity contribution in [2.45, 2.75) is 13.0 Å². The van der Waals surface area contributed by atoms with Crippen LogP contribution in [-0.4, -0.2) is 23.9 Å². The number of alkyl halides is 2. The van der Waals surface area contributed by atoms with Crippen LogP contribution >= 0.6 is 11.6 Å². The number of benzene rings is 2. The van der Waals surface area contributed by atoms with E-state index in [2.05, 4.69) is 14.9 Å². The maximum atomic E-state index is 12.4. The zero-order valence-corrected chi connectivity index (χ0v) is 13.8. The zero-order chi connectivity index (χ0) is 17.8. The monoisotopic (exact) mass is 366 g/mol. The predicted molar refractivity (Wildman–Crippen MR) is 87.2 cm³/mol. The largest absolute Gasteiger partial charge is 0.493 e. The summed E-state index contributed by atoms with van der Waals surface area (Å²) in [5.74, 6) is 0.757. The van der Waals surface area contributed by atoms with Crippen molar-refractivity contribution in [3.05, 3.63) is 58.9 Å². The molecule has 5 nitrogen and oxygen atoms in total. The summed E-state index contributed by atoms with van der Waals surface area (Å²) < 4.78 is 39.8. The molecule has 0 aliphatic rings. The second-order valence-corrected chi connectivity index (χ2v) is 5.48. The van der Waals surface area contributed by atoms with Crippen LogP contribution in [0.1, 0.15) is 11.5 Å². The van der Waals surface area contributed by atoms with Crippen LogP contribution in [0.15, 0.2) is 46.9 Å². The Labute approximate surface area is 147 Å². The Bertz CT molecular complexity index is 853. The molecule has 0 saturated carbocycles. The average Bonchev–Trinajstić information content (AvgIpc) is 3.05. The van der Waals surface area contributed by atoms with E-state index in [0.29, 0.717) is 22.9 Å². The fourth-order valence-electron chi connectivity index (χ4n) is 2.21. The number of ether oxygens (including phenoxy) is 2. The zero-order valence-electron chi connectivity index (χ0n) is 13.1. The summed E-state index contributed by atoms with van der Waals surface area (Å²) in [6.45, 7) is -2.94. The molecule has 8 heteroatoms. The number of hydrogen-bond acceptors (Lipinski definition) is 5. The Morgan fingerprint density at radius 1 is 1.08 bits per heavy atom. The molecule has 130 valence electrons. The van der Waals surface area contributed by atoms with Crippen LogP contribution in [0.4, 0.5) is 8.78 Å². The Balaban J connectivity index is 1.80. The maximum absolute atomic E-state index is 12.4. The van der Waals surface area contributed by atoms with Gasteiger partial charge in [-0.25, -0.2) is 0 Å². The van der Waals surface area contributed by atoms with Crippen LogP contribution in [-0.2, 0) is 6.42 Å². The number of methoxy groups -OCH3 is 1. The lowest BCUT2D eigenvalue weighted by atomic mass is 10.1. The van der Waals surface area contributed by atoms with E-state index in [9.17, 15) is 8.78 Å². The van der Waals surface area contributed by atoms with Gasteiger partial charge < -0.3 is 13.9 Å². The lowest BCUT2D eigenvalue weighted by molar-refractivity contribution is -0.0512. The summed E-state index contributed by atoms with van der Waals surface area (Å²) in [5, 5.41) is 8.62. The third kappa shape index (κ3) is 4.24. The maximum Gasteiger partial charge on any atom is 0.387 e. The summed E-state index contributed by atoms with van der Waals surface area (Å²) in [6, 6.07) is 11.7. The van der Waals surface area contributed by atoms with Crippen molar-refractivity contribution in [1.29, 1.82) is 0 Å². The minimum Gasteiger partial charge on any atom is -0.493 e. The highest BCUT2D eigenvalue weighted by Crippen LogP contribution is 2.33. The molecule has 0 fully saturated rings. The van der Waals surface area contributed by atoms with Crippen molar-refractivity contribution >= 4 is 11.6 Å². The van der Waals surface area contributed by atoms with E-state index in [1.54, 1.807) is 18.2 Å². The van der Waals surface area contributed by atoms with Crippen molar-refractivity contribution in [3.63, 3.8) is 0 Å². The standard InChI is InChI=1S/C17H13ClF2N2O3/c1-23-14-9-11(4-7-13(14)24-17(19)20)16-22-21-15(25-16)8-10-2-5-12(18)6-3-10/h2-7,9,17H,8H2,1H3. The molecule has 1 heterocycles. The van der Waals surface area contributed by atoms with Crippen molar-refractivity contribution in [3.8, 4) is 23.0 Å². The first-order valence-electron chi connectivity index (χ1n) is 7.25. The van der Waals surface area contributed by atoms with Crippen LogP contribution in [0, 0.1) is 0 Å². The summed E-state index contributed by atoms with van der Waals surface area (Å²) in [5.41, 5.74) is 1.51. The fraction of sp³-hybridized carbons (Fsp3) is 0.176. The van der Waals surface area contributed by atoms with Crippen LogP contribution in [0.2, 0.25) is 5.02 Å². The number of hydrogen-bond donors (Lipinski definition) is 0. The summed E-state index contributed by atoms with van der Waals surface area (Å²) in [6.07, 6.45) is 0.452. The lowest BCUT2D eigenvalue weighted by Gasteiger charge is -2.10. The van der Waals surface area contributed by atoms with Gasteiger partial charge in [0.1, 0.15) is 0 Å². The van der Waals surface area contributed by atoms with Gasteiger partial charge in [-0.15, -0.1) is 10.2 Å². The molecule has 1 aromatic heterocycles. The van der Waals surface area contributed by atoms with Gasteiger partial charge in [-0.3, -0.25) is 0 Å². The van der Waals surface area contributed by atoms with Gasteiger partial charge in [-0.1, -0.05) is 23.7 Å². The number of aromatic nitrogens is 2.